The van der Waals surface area contributed by atoms with E-state index >= 15 is 0 Å². The van der Waals surface area contributed by atoms with Gasteiger partial charge in [0.2, 0.25) is 0 Å². The lowest BCUT2D eigenvalue weighted by molar-refractivity contribution is -0.0831. The molecule has 1 aliphatic carbocycles. The molecule has 3 heteroatoms. The van der Waals surface area contributed by atoms with E-state index in [4.69, 9.17) is 15.2 Å². The van der Waals surface area contributed by atoms with E-state index < -0.39 is 0 Å². The van der Waals surface area contributed by atoms with Crippen LogP contribution in [-0.4, -0.2) is 19.3 Å². The summed E-state index contributed by atoms with van der Waals surface area (Å²) in [4.78, 5) is 0. The van der Waals surface area contributed by atoms with Crippen molar-refractivity contribution in [2.24, 2.45) is 5.73 Å². The molecule has 1 aliphatic rings. The fraction of sp³-hybridized carbons (Fsp3) is 0.625. The van der Waals surface area contributed by atoms with Crippen LogP contribution >= 0.6 is 0 Å². The SMILES string of the molecule is CCOC1(C(N)c2cccc(OC)c2)CCCCC1. The van der Waals surface area contributed by atoms with Gasteiger partial charge in [0, 0.05) is 6.61 Å². The van der Waals surface area contributed by atoms with E-state index in [2.05, 4.69) is 13.0 Å². The summed E-state index contributed by atoms with van der Waals surface area (Å²) >= 11 is 0. The molecule has 2 rings (SSSR count). The van der Waals surface area contributed by atoms with Crippen molar-refractivity contribution in [2.45, 2.75) is 50.7 Å². The maximum Gasteiger partial charge on any atom is 0.119 e. The summed E-state index contributed by atoms with van der Waals surface area (Å²) < 4.78 is 11.4. The summed E-state index contributed by atoms with van der Waals surface area (Å²) in [7, 11) is 1.68. The van der Waals surface area contributed by atoms with Gasteiger partial charge in [0.15, 0.2) is 0 Å². The van der Waals surface area contributed by atoms with Crippen molar-refractivity contribution in [3.8, 4) is 5.75 Å². The van der Waals surface area contributed by atoms with E-state index in [1.165, 1.54) is 19.3 Å². The maximum atomic E-state index is 6.53. The van der Waals surface area contributed by atoms with E-state index in [0.29, 0.717) is 0 Å². The van der Waals surface area contributed by atoms with Crippen LogP contribution in [0.3, 0.4) is 0 Å². The van der Waals surface area contributed by atoms with Gasteiger partial charge in [0.1, 0.15) is 5.75 Å². The van der Waals surface area contributed by atoms with Gasteiger partial charge in [-0.25, -0.2) is 0 Å². The quantitative estimate of drug-likeness (QED) is 0.885. The van der Waals surface area contributed by atoms with Crippen molar-refractivity contribution in [1.29, 1.82) is 0 Å². The Labute approximate surface area is 116 Å². The zero-order chi connectivity index (χ0) is 13.7. The maximum absolute atomic E-state index is 6.53. The molecule has 2 N–H and O–H groups in total. The van der Waals surface area contributed by atoms with Crippen molar-refractivity contribution in [2.75, 3.05) is 13.7 Å². The molecule has 0 heterocycles. The molecule has 1 unspecified atom stereocenters. The Morgan fingerprint density at radius 1 is 1.26 bits per heavy atom. The first kappa shape index (κ1) is 14.4. The summed E-state index contributed by atoms with van der Waals surface area (Å²) in [6, 6.07) is 7.96. The van der Waals surface area contributed by atoms with Crippen molar-refractivity contribution in [3.05, 3.63) is 29.8 Å². The molecule has 1 aromatic carbocycles. The zero-order valence-electron chi connectivity index (χ0n) is 12.0. The predicted octanol–water partition coefficient (Wildman–Crippen LogP) is 3.43. The molecule has 19 heavy (non-hydrogen) atoms. The molecule has 1 atom stereocenters. The van der Waals surface area contributed by atoms with Crippen LogP contribution in [-0.2, 0) is 4.74 Å². The predicted molar refractivity (Wildman–Crippen MR) is 77.4 cm³/mol. The minimum Gasteiger partial charge on any atom is -0.497 e. The van der Waals surface area contributed by atoms with Gasteiger partial charge in [-0.3, -0.25) is 0 Å². The molecule has 1 fully saturated rings. The van der Waals surface area contributed by atoms with Gasteiger partial charge in [-0.05, 0) is 37.5 Å². The van der Waals surface area contributed by atoms with Crippen LogP contribution < -0.4 is 10.5 Å². The number of benzene rings is 1. The second-order valence-electron chi connectivity index (χ2n) is 5.31. The number of rotatable bonds is 5. The molecule has 0 amide bonds. The highest BCUT2D eigenvalue weighted by Crippen LogP contribution is 2.40. The molecule has 0 saturated heterocycles. The molecule has 3 nitrogen and oxygen atoms in total. The molecule has 0 spiro atoms. The fourth-order valence-corrected chi connectivity index (χ4v) is 3.12. The third-order valence-electron chi connectivity index (χ3n) is 4.15. The van der Waals surface area contributed by atoms with Crippen LogP contribution in [0.5, 0.6) is 5.75 Å². The van der Waals surface area contributed by atoms with E-state index in [0.717, 1.165) is 30.8 Å². The molecular weight excluding hydrogens is 238 g/mol. The van der Waals surface area contributed by atoms with Crippen LogP contribution in [0.2, 0.25) is 0 Å². The molecule has 0 aromatic heterocycles. The number of nitrogens with two attached hydrogens (primary N) is 1. The van der Waals surface area contributed by atoms with E-state index in [1.807, 2.05) is 18.2 Å². The van der Waals surface area contributed by atoms with E-state index in [-0.39, 0.29) is 11.6 Å². The molecule has 1 saturated carbocycles. The van der Waals surface area contributed by atoms with Gasteiger partial charge in [-0.15, -0.1) is 0 Å². The number of hydrogen-bond donors (Lipinski definition) is 1. The minimum atomic E-state index is -0.195. The number of hydrogen-bond acceptors (Lipinski definition) is 3. The Balaban J connectivity index is 2.24. The normalized spacial score (nSPS) is 19.9. The highest BCUT2D eigenvalue weighted by atomic mass is 16.5. The summed E-state index contributed by atoms with van der Waals surface area (Å²) in [5.41, 5.74) is 7.44. The highest BCUT2D eigenvalue weighted by molar-refractivity contribution is 5.32. The lowest BCUT2D eigenvalue weighted by Gasteiger charge is -2.42. The van der Waals surface area contributed by atoms with Crippen molar-refractivity contribution in [3.63, 3.8) is 0 Å². The average Bonchev–Trinajstić information content (AvgIpc) is 2.48. The lowest BCUT2D eigenvalue weighted by atomic mass is 9.77. The molecule has 0 aliphatic heterocycles. The van der Waals surface area contributed by atoms with E-state index in [9.17, 15) is 0 Å². The van der Waals surface area contributed by atoms with Gasteiger partial charge in [0.25, 0.3) is 0 Å². The summed E-state index contributed by atoms with van der Waals surface area (Å²) in [6.45, 7) is 2.77. The first-order valence-corrected chi connectivity index (χ1v) is 7.25. The van der Waals surface area contributed by atoms with E-state index in [1.54, 1.807) is 7.11 Å². The second kappa shape index (κ2) is 6.40. The molecule has 0 radical (unpaired) electrons. The largest absolute Gasteiger partial charge is 0.497 e. The number of ether oxygens (including phenoxy) is 2. The Morgan fingerprint density at radius 2 is 2.00 bits per heavy atom. The molecule has 106 valence electrons. The Bertz CT molecular complexity index is 394. The molecule has 1 aromatic rings. The second-order valence-corrected chi connectivity index (χ2v) is 5.31. The fourth-order valence-electron chi connectivity index (χ4n) is 3.12. The van der Waals surface area contributed by atoms with Crippen molar-refractivity contribution < 1.29 is 9.47 Å². The molecular formula is C16H25NO2. The Morgan fingerprint density at radius 3 is 2.63 bits per heavy atom. The smallest absolute Gasteiger partial charge is 0.119 e. The van der Waals surface area contributed by atoms with Crippen molar-refractivity contribution >= 4 is 0 Å². The Kier molecular flexibility index (Phi) is 4.83. The first-order chi connectivity index (χ1) is 9.22. The highest BCUT2D eigenvalue weighted by Gasteiger charge is 2.39. The van der Waals surface area contributed by atoms with Gasteiger partial charge < -0.3 is 15.2 Å². The minimum absolute atomic E-state index is 0.0807. The van der Waals surface area contributed by atoms with Crippen LogP contribution in [0, 0.1) is 0 Å². The third kappa shape index (κ3) is 3.10. The van der Waals surface area contributed by atoms with Gasteiger partial charge in [-0.1, -0.05) is 31.4 Å². The summed E-state index contributed by atoms with van der Waals surface area (Å²) in [5.74, 6) is 0.857. The zero-order valence-corrected chi connectivity index (χ0v) is 12.0. The molecule has 0 bridgehead atoms. The van der Waals surface area contributed by atoms with Crippen molar-refractivity contribution in [1.82, 2.24) is 0 Å². The van der Waals surface area contributed by atoms with Crippen LogP contribution in [0.4, 0.5) is 0 Å². The third-order valence-corrected chi connectivity index (χ3v) is 4.15. The first-order valence-electron chi connectivity index (χ1n) is 7.25. The summed E-state index contributed by atoms with van der Waals surface area (Å²) in [5, 5.41) is 0. The van der Waals surface area contributed by atoms with Crippen LogP contribution in [0.25, 0.3) is 0 Å². The number of methoxy groups -OCH3 is 1. The lowest BCUT2D eigenvalue weighted by Crippen LogP contribution is -2.45. The van der Waals surface area contributed by atoms with Crippen LogP contribution in [0.15, 0.2) is 24.3 Å². The topological polar surface area (TPSA) is 44.5 Å². The average molecular weight is 263 g/mol. The van der Waals surface area contributed by atoms with Crippen LogP contribution in [0.1, 0.15) is 50.6 Å². The van der Waals surface area contributed by atoms with Gasteiger partial charge in [-0.2, -0.15) is 0 Å². The summed E-state index contributed by atoms with van der Waals surface area (Å²) in [6.07, 6.45) is 5.81. The monoisotopic (exact) mass is 263 g/mol. The Hall–Kier alpha value is -1.06. The van der Waals surface area contributed by atoms with Gasteiger partial charge >= 0.3 is 0 Å². The van der Waals surface area contributed by atoms with Gasteiger partial charge in [0.05, 0.1) is 18.8 Å². The standard InChI is InChI=1S/C16H25NO2/c1-3-19-16(10-5-4-6-11-16)15(17)13-8-7-9-14(12-13)18-2/h7-9,12,15H,3-6,10-11,17H2,1-2H3.